The summed E-state index contributed by atoms with van der Waals surface area (Å²) in [6.45, 7) is 6.27. The third-order valence-corrected chi connectivity index (χ3v) is 10.3. The van der Waals surface area contributed by atoms with Crippen LogP contribution in [0.3, 0.4) is 0 Å². The molecule has 1 unspecified atom stereocenters. The second-order valence-corrected chi connectivity index (χ2v) is 16.4. The first-order valence-corrected chi connectivity index (χ1v) is 25.6. The Morgan fingerprint density at radius 1 is 0.344 bits per heavy atom. The zero-order valence-corrected chi connectivity index (χ0v) is 41.0. The molecule has 0 aromatic carbocycles. The Balaban J connectivity index is 4.54. The van der Waals surface area contributed by atoms with Gasteiger partial charge >= 0.3 is 17.9 Å². The molecule has 0 amide bonds. The normalized spacial score (nSPS) is 13.1. The highest BCUT2D eigenvalue weighted by atomic mass is 16.6. The molecule has 0 aromatic rings. The molecule has 0 rings (SSSR count). The van der Waals surface area contributed by atoms with E-state index in [0.717, 1.165) is 89.9 Å². The number of rotatable bonds is 44. The van der Waals surface area contributed by atoms with Crippen LogP contribution in [-0.2, 0) is 28.6 Å². The first-order chi connectivity index (χ1) is 31.5. The summed E-state index contributed by atoms with van der Waals surface area (Å²) in [5.74, 6) is -1.03. The van der Waals surface area contributed by atoms with Crippen LogP contribution >= 0.6 is 0 Å². The van der Waals surface area contributed by atoms with Gasteiger partial charge in [-0.2, -0.15) is 0 Å². The molecular weight excluding hydrogens is 793 g/mol. The molecule has 0 aliphatic heterocycles. The molecular formula is C58H92O6. The lowest BCUT2D eigenvalue weighted by Crippen LogP contribution is -2.30. The fourth-order valence-electron chi connectivity index (χ4n) is 6.56. The summed E-state index contributed by atoms with van der Waals surface area (Å²) in [6.07, 6.45) is 70.5. The molecule has 360 valence electrons. The highest BCUT2D eigenvalue weighted by Gasteiger charge is 2.19. The van der Waals surface area contributed by atoms with E-state index in [2.05, 4.69) is 87.6 Å². The van der Waals surface area contributed by atoms with Crippen molar-refractivity contribution in [3.05, 3.63) is 122 Å². The summed E-state index contributed by atoms with van der Waals surface area (Å²) in [4.78, 5) is 37.9. The van der Waals surface area contributed by atoms with Gasteiger partial charge in [-0.3, -0.25) is 14.4 Å². The highest BCUT2D eigenvalue weighted by Crippen LogP contribution is 2.14. The van der Waals surface area contributed by atoms with Crippen LogP contribution in [0.4, 0.5) is 0 Å². The van der Waals surface area contributed by atoms with Gasteiger partial charge in [-0.1, -0.05) is 232 Å². The smallest absolute Gasteiger partial charge is 0.306 e. The minimum absolute atomic E-state index is 0.120. The molecule has 1 atom stereocenters. The maximum absolute atomic E-state index is 12.8. The van der Waals surface area contributed by atoms with Crippen molar-refractivity contribution in [3.8, 4) is 0 Å². The van der Waals surface area contributed by atoms with Crippen LogP contribution in [0.2, 0.25) is 0 Å². The minimum atomic E-state index is -0.821. The molecule has 0 aliphatic carbocycles. The third-order valence-electron chi connectivity index (χ3n) is 10.3. The van der Waals surface area contributed by atoms with Crippen molar-refractivity contribution >= 4 is 17.9 Å². The number of esters is 3. The number of hydrogen-bond acceptors (Lipinski definition) is 6. The molecule has 0 saturated heterocycles. The molecule has 0 saturated carbocycles. The number of allylic oxidation sites excluding steroid dienone is 20. The molecule has 0 spiro atoms. The van der Waals surface area contributed by atoms with E-state index < -0.39 is 6.10 Å². The maximum Gasteiger partial charge on any atom is 0.306 e. The quantitative estimate of drug-likeness (QED) is 0.0199. The van der Waals surface area contributed by atoms with E-state index in [4.69, 9.17) is 14.2 Å². The van der Waals surface area contributed by atoms with Crippen molar-refractivity contribution in [2.75, 3.05) is 13.2 Å². The van der Waals surface area contributed by atoms with E-state index in [9.17, 15) is 14.4 Å². The predicted octanol–water partition coefficient (Wildman–Crippen LogP) is 16.9. The highest BCUT2D eigenvalue weighted by molar-refractivity contribution is 5.71. The Labute approximate surface area is 392 Å². The van der Waals surface area contributed by atoms with E-state index in [0.29, 0.717) is 19.3 Å². The average Bonchev–Trinajstić information content (AvgIpc) is 3.29. The Kier molecular flexibility index (Phi) is 48.1. The summed E-state index contributed by atoms with van der Waals surface area (Å²) in [5.41, 5.74) is 0. The van der Waals surface area contributed by atoms with Crippen LogP contribution in [-0.4, -0.2) is 37.2 Å². The first-order valence-electron chi connectivity index (χ1n) is 25.6. The largest absolute Gasteiger partial charge is 0.462 e. The van der Waals surface area contributed by atoms with Crippen molar-refractivity contribution < 1.29 is 28.6 Å². The zero-order chi connectivity index (χ0) is 46.5. The van der Waals surface area contributed by atoms with Crippen molar-refractivity contribution in [3.63, 3.8) is 0 Å². The number of ether oxygens (including phenoxy) is 3. The van der Waals surface area contributed by atoms with Gasteiger partial charge < -0.3 is 14.2 Å². The molecule has 64 heavy (non-hydrogen) atoms. The topological polar surface area (TPSA) is 78.9 Å². The summed E-state index contributed by atoms with van der Waals surface area (Å²) in [5, 5.41) is 0. The number of carbonyl (C=O) groups excluding carboxylic acids is 3. The van der Waals surface area contributed by atoms with E-state index in [1.807, 2.05) is 54.7 Å². The van der Waals surface area contributed by atoms with E-state index in [-0.39, 0.29) is 37.5 Å². The number of carbonyl (C=O) groups is 3. The SMILES string of the molecule is CC\C=C/C=C\C=C/C=C\C=C/CCCC(=O)OCC(COC(=O)CCCCC/C=C\C/C=C\C/C=C\C/C=C\C/C=C\CC)OC(=O)CCCCCCCCCCCCCCCC. The monoisotopic (exact) mass is 885 g/mol. The molecule has 0 bridgehead atoms. The standard InChI is InChI=1S/C58H92O6/c1-4-7-10-13-16-19-22-25-27-28-29-30-31-34-36-39-42-45-48-51-57(60)63-54-55(53-62-56(59)50-47-44-41-38-35-32-24-21-18-15-12-9-6-3)64-58(61)52-49-46-43-40-37-33-26-23-20-17-14-11-8-5-2/h7,9-10,12,15-16,18-19,21,24-25,27,29-30,32,34-36,38,41,55H,4-6,8,11,13-14,17,20,22-23,26,28,31,33,37,39-40,42-54H2,1-3H3/b10-7-,12-9-,18-15-,19-16-,24-21-,27-25-,30-29-,35-32-,36-34-,41-38-. The van der Waals surface area contributed by atoms with E-state index >= 15 is 0 Å². The van der Waals surface area contributed by atoms with Crippen LogP contribution in [0.5, 0.6) is 0 Å². The van der Waals surface area contributed by atoms with Crippen LogP contribution in [0.1, 0.15) is 207 Å². The van der Waals surface area contributed by atoms with Gasteiger partial charge in [0, 0.05) is 19.3 Å². The third kappa shape index (κ3) is 48.8. The summed E-state index contributed by atoms with van der Waals surface area (Å²) in [6, 6.07) is 0. The Morgan fingerprint density at radius 3 is 1.19 bits per heavy atom. The summed E-state index contributed by atoms with van der Waals surface area (Å²) in [7, 11) is 0. The first kappa shape index (κ1) is 59.8. The van der Waals surface area contributed by atoms with Gasteiger partial charge in [0.25, 0.3) is 0 Å². The maximum atomic E-state index is 12.8. The van der Waals surface area contributed by atoms with Gasteiger partial charge in [-0.05, 0) is 77.0 Å². The van der Waals surface area contributed by atoms with Crippen LogP contribution in [0.25, 0.3) is 0 Å². The van der Waals surface area contributed by atoms with Gasteiger partial charge in [-0.15, -0.1) is 0 Å². The van der Waals surface area contributed by atoms with Crippen LogP contribution in [0, 0.1) is 0 Å². The number of hydrogen-bond donors (Lipinski definition) is 0. The molecule has 6 heteroatoms. The van der Waals surface area contributed by atoms with Crippen molar-refractivity contribution in [1.82, 2.24) is 0 Å². The second kappa shape index (κ2) is 51.4. The van der Waals surface area contributed by atoms with Gasteiger partial charge in [0.2, 0.25) is 0 Å². The van der Waals surface area contributed by atoms with Gasteiger partial charge in [0.15, 0.2) is 6.10 Å². The predicted molar refractivity (Wildman–Crippen MR) is 274 cm³/mol. The Bertz CT molecular complexity index is 1390. The molecule has 0 heterocycles. The molecule has 0 fully saturated rings. The second-order valence-electron chi connectivity index (χ2n) is 16.4. The zero-order valence-electron chi connectivity index (χ0n) is 41.0. The van der Waals surface area contributed by atoms with E-state index in [1.165, 1.54) is 70.6 Å². The Morgan fingerprint density at radius 2 is 0.703 bits per heavy atom. The van der Waals surface area contributed by atoms with Crippen molar-refractivity contribution in [2.45, 2.75) is 213 Å². The summed E-state index contributed by atoms with van der Waals surface area (Å²) < 4.78 is 16.7. The number of unbranched alkanes of at least 4 members (excludes halogenated alkanes) is 17. The lowest BCUT2D eigenvalue weighted by Gasteiger charge is -2.18. The van der Waals surface area contributed by atoms with Gasteiger partial charge in [0.05, 0.1) is 0 Å². The van der Waals surface area contributed by atoms with Gasteiger partial charge in [-0.25, -0.2) is 0 Å². The molecule has 0 radical (unpaired) electrons. The minimum Gasteiger partial charge on any atom is -0.462 e. The fraction of sp³-hybridized carbons (Fsp3) is 0.603. The lowest BCUT2D eigenvalue weighted by molar-refractivity contribution is -0.167. The van der Waals surface area contributed by atoms with Crippen LogP contribution in [0.15, 0.2) is 122 Å². The van der Waals surface area contributed by atoms with Crippen molar-refractivity contribution in [2.24, 2.45) is 0 Å². The van der Waals surface area contributed by atoms with Crippen LogP contribution < -0.4 is 0 Å². The molecule has 0 N–H and O–H groups in total. The van der Waals surface area contributed by atoms with Crippen molar-refractivity contribution in [1.29, 1.82) is 0 Å². The molecule has 6 nitrogen and oxygen atoms in total. The van der Waals surface area contributed by atoms with Gasteiger partial charge in [0.1, 0.15) is 13.2 Å². The average molecular weight is 885 g/mol. The lowest BCUT2D eigenvalue weighted by atomic mass is 10.0. The van der Waals surface area contributed by atoms with E-state index in [1.54, 1.807) is 0 Å². The summed E-state index contributed by atoms with van der Waals surface area (Å²) >= 11 is 0. The Hall–Kier alpha value is -4.19. The molecule has 0 aromatic heterocycles. The fourth-order valence-corrected chi connectivity index (χ4v) is 6.56. The molecule has 0 aliphatic rings.